The minimum absolute atomic E-state index is 0.172. The number of nitrogens with zero attached hydrogens (tertiary/aromatic N) is 2. The van der Waals surface area contributed by atoms with Crippen LogP contribution < -0.4 is 0 Å². The summed E-state index contributed by atoms with van der Waals surface area (Å²) < 4.78 is 35.2. The maximum Gasteiger partial charge on any atom is 0.244 e. The summed E-state index contributed by atoms with van der Waals surface area (Å²) in [6.45, 7) is 9.94. The van der Waals surface area contributed by atoms with Gasteiger partial charge in [-0.1, -0.05) is 36.7 Å². The van der Waals surface area contributed by atoms with Crippen LogP contribution in [0.3, 0.4) is 0 Å². The Bertz CT molecular complexity index is 892. The summed E-state index contributed by atoms with van der Waals surface area (Å²) in [6, 6.07) is 6.53. The van der Waals surface area contributed by atoms with Gasteiger partial charge in [0.2, 0.25) is 15.9 Å². The molecule has 1 fully saturated rings. The van der Waals surface area contributed by atoms with Crippen LogP contribution in [0.1, 0.15) is 59.1 Å². The fourth-order valence-electron chi connectivity index (χ4n) is 3.20. The monoisotopic (exact) mass is 440 g/mol. The van der Waals surface area contributed by atoms with E-state index in [2.05, 4.69) is 41.7 Å². The first kappa shape index (κ1) is 19.6. The van der Waals surface area contributed by atoms with Gasteiger partial charge >= 0.3 is 0 Å². The molecule has 0 spiro atoms. The van der Waals surface area contributed by atoms with Crippen LogP contribution in [0.4, 0.5) is 0 Å². The van der Waals surface area contributed by atoms with Crippen molar-refractivity contribution in [2.75, 3.05) is 0 Å². The van der Waals surface area contributed by atoms with E-state index < -0.39 is 15.6 Å². The number of oxazole rings is 1. The lowest BCUT2D eigenvalue weighted by molar-refractivity contribution is 0.209. The number of benzene rings is 1. The molecule has 5 nitrogen and oxygen atoms in total. The highest BCUT2D eigenvalue weighted by Gasteiger charge is 2.59. The molecule has 3 rings (SSSR count). The molecule has 0 saturated heterocycles. The van der Waals surface area contributed by atoms with Crippen LogP contribution in [0.2, 0.25) is 0 Å². The fourth-order valence-corrected chi connectivity index (χ4v) is 5.45. The van der Waals surface area contributed by atoms with Gasteiger partial charge < -0.3 is 4.42 Å². The molecule has 1 aliphatic carbocycles. The van der Waals surface area contributed by atoms with Gasteiger partial charge in [-0.05, 0) is 51.0 Å². The molecule has 1 aliphatic rings. The molecule has 2 aromatic rings. The topological polar surface area (TPSA) is 63.4 Å². The average molecular weight is 441 g/mol. The summed E-state index contributed by atoms with van der Waals surface area (Å²) in [7, 11) is -3.67. The van der Waals surface area contributed by atoms with E-state index in [9.17, 15) is 8.42 Å². The maximum absolute atomic E-state index is 13.4. The summed E-state index contributed by atoms with van der Waals surface area (Å²) >= 11 is 3.35. The van der Waals surface area contributed by atoms with Crippen LogP contribution in [-0.4, -0.2) is 23.7 Å². The normalized spacial score (nSPS) is 17.1. The number of halogens is 1. The summed E-state index contributed by atoms with van der Waals surface area (Å²) in [5, 5.41) is 0. The highest BCUT2D eigenvalue weighted by Crippen LogP contribution is 2.54. The van der Waals surface area contributed by atoms with Gasteiger partial charge in [0.15, 0.2) is 0 Å². The van der Waals surface area contributed by atoms with Gasteiger partial charge in [0, 0.05) is 15.9 Å². The third-order valence-electron chi connectivity index (χ3n) is 4.63. The molecule has 0 aliphatic heterocycles. The van der Waals surface area contributed by atoms with Crippen molar-refractivity contribution in [3.05, 3.63) is 46.6 Å². The minimum Gasteiger partial charge on any atom is -0.443 e. The summed E-state index contributed by atoms with van der Waals surface area (Å²) in [5.41, 5.74) is -0.863. The van der Waals surface area contributed by atoms with Gasteiger partial charge in [-0.3, -0.25) is 0 Å². The molecule has 0 unspecified atom stereocenters. The van der Waals surface area contributed by atoms with Crippen LogP contribution in [0, 0.1) is 0 Å². The quantitative estimate of drug-likeness (QED) is 0.667. The molecule has 0 bridgehead atoms. The zero-order chi connectivity index (χ0) is 19.3. The average Bonchev–Trinajstić information content (AvgIpc) is 3.11. The highest BCUT2D eigenvalue weighted by molar-refractivity contribution is 9.10. The third-order valence-corrected chi connectivity index (χ3v) is 7.31. The summed E-state index contributed by atoms with van der Waals surface area (Å²) in [6.07, 6.45) is 3.15. The van der Waals surface area contributed by atoms with E-state index in [1.807, 2.05) is 13.8 Å². The number of hydrogen-bond donors (Lipinski definition) is 0. The number of hydrogen-bond acceptors (Lipinski definition) is 4. The van der Waals surface area contributed by atoms with E-state index in [0.29, 0.717) is 18.7 Å². The lowest BCUT2D eigenvalue weighted by Crippen LogP contribution is -2.45. The molecule has 0 N–H and O–H groups in total. The zero-order valence-electron chi connectivity index (χ0n) is 15.8. The van der Waals surface area contributed by atoms with Gasteiger partial charge in [-0.15, -0.1) is 0 Å². The number of aromatic nitrogens is 1. The van der Waals surface area contributed by atoms with Crippen LogP contribution in [0.5, 0.6) is 0 Å². The first-order valence-electron chi connectivity index (χ1n) is 8.75. The molecule has 0 radical (unpaired) electrons. The van der Waals surface area contributed by atoms with Gasteiger partial charge in [0.05, 0.1) is 11.1 Å². The summed E-state index contributed by atoms with van der Waals surface area (Å²) in [5.74, 6) is 1.26. The molecule has 1 aromatic heterocycles. The number of rotatable bonds is 5. The van der Waals surface area contributed by atoms with Crippen molar-refractivity contribution in [2.24, 2.45) is 0 Å². The molecule has 142 valence electrons. The lowest BCUT2D eigenvalue weighted by atomic mass is 9.94. The van der Waals surface area contributed by atoms with Gasteiger partial charge in [-0.2, -0.15) is 4.31 Å². The van der Waals surface area contributed by atoms with Gasteiger partial charge in [-0.25, -0.2) is 13.4 Å². The van der Waals surface area contributed by atoms with Gasteiger partial charge in [0.1, 0.15) is 11.3 Å². The Morgan fingerprint density at radius 1 is 1.19 bits per heavy atom. The molecule has 1 aromatic carbocycles. The molecule has 26 heavy (non-hydrogen) atoms. The zero-order valence-corrected chi connectivity index (χ0v) is 18.2. The highest BCUT2D eigenvalue weighted by atomic mass is 79.9. The van der Waals surface area contributed by atoms with E-state index in [1.165, 1.54) is 0 Å². The first-order valence-corrected chi connectivity index (χ1v) is 11.0. The molecule has 0 amide bonds. The Kier molecular flexibility index (Phi) is 4.86. The molecular formula is C19H25BrN2O3S. The van der Waals surface area contributed by atoms with Crippen molar-refractivity contribution in [3.8, 4) is 0 Å². The van der Waals surface area contributed by atoms with Crippen LogP contribution >= 0.6 is 15.9 Å². The van der Waals surface area contributed by atoms with Crippen molar-refractivity contribution in [1.82, 2.24) is 9.29 Å². The van der Waals surface area contributed by atoms with Crippen molar-refractivity contribution in [3.63, 3.8) is 0 Å². The van der Waals surface area contributed by atoms with Crippen molar-refractivity contribution in [1.29, 1.82) is 0 Å². The van der Waals surface area contributed by atoms with Crippen molar-refractivity contribution >= 4 is 26.0 Å². The molecule has 1 heterocycles. The van der Waals surface area contributed by atoms with Gasteiger partial charge in [0.25, 0.3) is 0 Å². The molecular weight excluding hydrogens is 416 g/mol. The minimum atomic E-state index is -3.67. The second-order valence-corrected chi connectivity index (χ2v) is 10.9. The SMILES string of the molecule is CC(C)N(C1(c2ncc(C(C)(C)C)o2)CC1)S(=O)(=O)c1ccc(Br)cc1. The molecule has 1 saturated carbocycles. The Morgan fingerprint density at radius 2 is 1.77 bits per heavy atom. The lowest BCUT2D eigenvalue weighted by Gasteiger charge is -2.32. The Labute approximate surface area is 164 Å². The van der Waals surface area contributed by atoms with E-state index in [1.54, 1.807) is 34.8 Å². The van der Waals surface area contributed by atoms with Crippen molar-refractivity contribution in [2.45, 2.75) is 69.4 Å². The smallest absolute Gasteiger partial charge is 0.244 e. The Morgan fingerprint density at radius 3 is 2.19 bits per heavy atom. The second kappa shape index (κ2) is 6.46. The summed E-state index contributed by atoms with van der Waals surface area (Å²) in [4.78, 5) is 4.74. The predicted octanol–water partition coefficient (Wildman–Crippen LogP) is 4.82. The van der Waals surface area contributed by atoms with Crippen LogP contribution in [0.25, 0.3) is 0 Å². The van der Waals surface area contributed by atoms with E-state index in [0.717, 1.165) is 10.2 Å². The maximum atomic E-state index is 13.4. The van der Waals surface area contributed by atoms with Crippen LogP contribution in [0.15, 0.2) is 44.2 Å². The number of sulfonamides is 1. The van der Waals surface area contributed by atoms with E-state index in [-0.39, 0.29) is 16.4 Å². The van der Waals surface area contributed by atoms with Crippen LogP contribution in [-0.2, 0) is 21.0 Å². The largest absolute Gasteiger partial charge is 0.443 e. The Hall–Kier alpha value is -1.18. The van der Waals surface area contributed by atoms with E-state index >= 15 is 0 Å². The van der Waals surface area contributed by atoms with E-state index in [4.69, 9.17) is 4.42 Å². The molecule has 0 atom stereocenters. The first-order chi connectivity index (χ1) is 12.0. The Balaban J connectivity index is 2.05. The molecule has 7 heteroatoms. The second-order valence-electron chi connectivity index (χ2n) is 8.16. The fraction of sp³-hybridized carbons (Fsp3) is 0.526. The third kappa shape index (κ3) is 3.37. The van der Waals surface area contributed by atoms with Crippen molar-refractivity contribution < 1.29 is 12.8 Å². The predicted molar refractivity (Wildman–Crippen MR) is 104 cm³/mol. The standard InChI is InChI=1S/C19H25BrN2O3S/c1-13(2)22(26(23,24)15-8-6-14(20)7-9-15)19(10-11-19)17-21-12-16(25-17)18(3,4)5/h6-9,12-13H,10-11H2,1-5H3.